The number of hydrogen-bond acceptors (Lipinski definition) is 6. The molecule has 0 heterocycles. The second kappa shape index (κ2) is 13.7. The Morgan fingerprint density at radius 2 is 1.49 bits per heavy atom. The number of unbranched alkanes of at least 4 members (excludes halogenated alkanes) is 1. The highest BCUT2D eigenvalue weighted by molar-refractivity contribution is 5.91. The van der Waals surface area contributed by atoms with Crippen LogP contribution in [0.25, 0.3) is 0 Å². The van der Waals surface area contributed by atoms with Crippen molar-refractivity contribution in [3.05, 3.63) is 54.1 Å². The van der Waals surface area contributed by atoms with Gasteiger partial charge in [0.2, 0.25) is 0 Å². The van der Waals surface area contributed by atoms with E-state index in [9.17, 15) is 14.0 Å². The Bertz CT molecular complexity index is 919. The predicted molar refractivity (Wildman–Crippen MR) is 131 cm³/mol. The zero-order valence-corrected chi connectivity index (χ0v) is 20.5. The van der Waals surface area contributed by atoms with Gasteiger partial charge in [-0.05, 0) is 93.5 Å². The van der Waals surface area contributed by atoms with Crippen molar-refractivity contribution in [2.45, 2.75) is 71.1 Å². The van der Waals surface area contributed by atoms with E-state index in [4.69, 9.17) is 18.9 Å². The number of alkyl halides is 1. The molecule has 7 heteroatoms. The summed E-state index contributed by atoms with van der Waals surface area (Å²) in [6, 6.07) is 13.7. The number of esters is 2. The van der Waals surface area contributed by atoms with E-state index in [1.807, 2.05) is 13.8 Å². The van der Waals surface area contributed by atoms with Gasteiger partial charge in [-0.2, -0.15) is 0 Å². The third-order valence-electron chi connectivity index (χ3n) is 6.06. The Morgan fingerprint density at radius 3 is 2.11 bits per heavy atom. The minimum absolute atomic E-state index is 0.206. The number of carbonyl (C=O) groups excluding carboxylic acids is 2. The molecule has 0 aromatic heterocycles. The van der Waals surface area contributed by atoms with Crippen molar-refractivity contribution < 1.29 is 32.9 Å². The first kappa shape index (κ1) is 26.5. The molecule has 0 amide bonds. The summed E-state index contributed by atoms with van der Waals surface area (Å²) in [4.78, 5) is 24.2. The number of rotatable bonds is 12. The molecule has 0 saturated heterocycles. The number of hydrogen-bond donors (Lipinski definition) is 0. The van der Waals surface area contributed by atoms with E-state index < -0.39 is 18.1 Å². The average Bonchev–Trinajstić information content (AvgIpc) is 2.88. The summed E-state index contributed by atoms with van der Waals surface area (Å²) in [5.41, 5.74) is 0.443. The Labute approximate surface area is 206 Å². The lowest BCUT2D eigenvalue weighted by Crippen LogP contribution is -2.30. The van der Waals surface area contributed by atoms with Crippen molar-refractivity contribution in [2.24, 2.45) is 5.92 Å². The molecule has 190 valence electrons. The van der Waals surface area contributed by atoms with E-state index in [1.165, 1.54) is 0 Å². The molecule has 2 aromatic carbocycles. The van der Waals surface area contributed by atoms with Gasteiger partial charge in [0.25, 0.3) is 0 Å². The molecule has 0 unspecified atom stereocenters. The molecule has 3 rings (SSSR count). The average molecular weight is 487 g/mol. The van der Waals surface area contributed by atoms with E-state index in [0.29, 0.717) is 48.4 Å². The quantitative estimate of drug-likeness (QED) is 0.258. The fraction of sp³-hybridized carbons (Fsp3) is 0.500. The molecular formula is C28H35FO6. The molecule has 1 aliphatic rings. The molecule has 6 nitrogen and oxygen atoms in total. The second-order valence-electron chi connectivity index (χ2n) is 8.82. The summed E-state index contributed by atoms with van der Waals surface area (Å²) >= 11 is 0. The Kier molecular flexibility index (Phi) is 10.4. The van der Waals surface area contributed by atoms with Crippen molar-refractivity contribution in [3.8, 4) is 17.2 Å². The third kappa shape index (κ3) is 8.57. The molecule has 35 heavy (non-hydrogen) atoms. The van der Waals surface area contributed by atoms with E-state index in [0.717, 1.165) is 32.1 Å². The third-order valence-corrected chi connectivity index (χ3v) is 6.06. The molecule has 2 aromatic rings. The molecule has 1 saturated carbocycles. The summed E-state index contributed by atoms with van der Waals surface area (Å²) in [6.07, 6.45) is 3.23. The maximum Gasteiger partial charge on any atom is 0.343 e. The predicted octanol–water partition coefficient (Wildman–Crippen LogP) is 6.31. The van der Waals surface area contributed by atoms with Gasteiger partial charge in [0.1, 0.15) is 23.4 Å². The molecule has 0 aliphatic heterocycles. The Hall–Kier alpha value is -3.09. The fourth-order valence-corrected chi connectivity index (χ4v) is 3.99. The van der Waals surface area contributed by atoms with Crippen LogP contribution in [0.4, 0.5) is 4.39 Å². The van der Waals surface area contributed by atoms with Gasteiger partial charge in [-0.25, -0.2) is 14.0 Å². The molecule has 1 fully saturated rings. The van der Waals surface area contributed by atoms with Crippen LogP contribution in [0.2, 0.25) is 0 Å². The SMILES string of the molecule is CCCC[C@H](F)C(=O)OC1CCC(COc2ccc(OC(=O)c3ccc(OCC)cc3)cc2)CC1. The maximum atomic E-state index is 13.8. The van der Waals surface area contributed by atoms with E-state index in [-0.39, 0.29) is 12.5 Å². The van der Waals surface area contributed by atoms with Gasteiger partial charge in [0.05, 0.1) is 18.8 Å². The van der Waals surface area contributed by atoms with E-state index >= 15 is 0 Å². The highest BCUT2D eigenvalue weighted by Crippen LogP contribution is 2.28. The van der Waals surface area contributed by atoms with Crippen molar-refractivity contribution in [1.29, 1.82) is 0 Å². The normalized spacial score (nSPS) is 18.4. The van der Waals surface area contributed by atoms with Gasteiger partial charge >= 0.3 is 11.9 Å². The summed E-state index contributed by atoms with van der Waals surface area (Å²) in [6.45, 7) is 4.98. The van der Waals surface area contributed by atoms with Crippen LogP contribution in [0.3, 0.4) is 0 Å². The van der Waals surface area contributed by atoms with E-state index in [1.54, 1.807) is 48.5 Å². The zero-order valence-electron chi connectivity index (χ0n) is 20.5. The van der Waals surface area contributed by atoms with Crippen LogP contribution >= 0.6 is 0 Å². The number of carbonyl (C=O) groups is 2. The van der Waals surface area contributed by atoms with Crippen molar-refractivity contribution >= 4 is 11.9 Å². The Balaban J connectivity index is 1.37. The topological polar surface area (TPSA) is 71.1 Å². The zero-order chi connectivity index (χ0) is 25.0. The molecule has 0 N–H and O–H groups in total. The molecular weight excluding hydrogens is 451 g/mol. The lowest BCUT2D eigenvalue weighted by atomic mass is 9.88. The first-order chi connectivity index (χ1) is 17.0. The molecule has 0 spiro atoms. The van der Waals surface area contributed by atoms with Crippen LogP contribution in [-0.2, 0) is 9.53 Å². The lowest BCUT2D eigenvalue weighted by molar-refractivity contribution is -0.157. The molecule has 0 bridgehead atoms. The summed E-state index contributed by atoms with van der Waals surface area (Å²) in [5, 5.41) is 0. The number of ether oxygens (including phenoxy) is 4. The van der Waals surface area contributed by atoms with Gasteiger partial charge in [-0.1, -0.05) is 19.8 Å². The maximum absolute atomic E-state index is 13.8. The van der Waals surface area contributed by atoms with Gasteiger partial charge < -0.3 is 18.9 Å². The van der Waals surface area contributed by atoms with Gasteiger partial charge in [0.15, 0.2) is 6.17 Å². The minimum atomic E-state index is -1.51. The van der Waals surface area contributed by atoms with Gasteiger partial charge in [0, 0.05) is 0 Å². The standard InChI is InChI=1S/C28H35FO6/c1-3-5-6-26(29)28(31)35-24-11-7-20(8-12-24)19-33-23-15-17-25(18-16-23)34-27(30)21-9-13-22(14-10-21)32-4-2/h9-10,13-18,20,24,26H,3-8,11-12,19H2,1-2H3/t20?,24?,26-/m0/s1. The van der Waals surface area contributed by atoms with Crippen molar-refractivity contribution in [2.75, 3.05) is 13.2 Å². The monoisotopic (exact) mass is 486 g/mol. The first-order valence-electron chi connectivity index (χ1n) is 12.5. The fourth-order valence-electron chi connectivity index (χ4n) is 3.99. The van der Waals surface area contributed by atoms with Gasteiger partial charge in [-0.3, -0.25) is 0 Å². The van der Waals surface area contributed by atoms with E-state index in [2.05, 4.69) is 0 Å². The number of benzene rings is 2. The summed E-state index contributed by atoms with van der Waals surface area (Å²) in [5.74, 6) is 1.02. The Morgan fingerprint density at radius 1 is 0.886 bits per heavy atom. The van der Waals surface area contributed by atoms with Crippen LogP contribution < -0.4 is 14.2 Å². The van der Waals surface area contributed by atoms with Crippen LogP contribution in [0.1, 0.15) is 69.2 Å². The molecule has 1 aliphatic carbocycles. The lowest BCUT2D eigenvalue weighted by Gasteiger charge is -2.28. The first-order valence-corrected chi connectivity index (χ1v) is 12.5. The van der Waals surface area contributed by atoms with Gasteiger partial charge in [-0.15, -0.1) is 0 Å². The summed E-state index contributed by atoms with van der Waals surface area (Å²) < 4.78 is 35.9. The summed E-state index contributed by atoms with van der Waals surface area (Å²) in [7, 11) is 0. The number of halogens is 1. The smallest absolute Gasteiger partial charge is 0.343 e. The van der Waals surface area contributed by atoms with Crippen LogP contribution in [0, 0.1) is 5.92 Å². The molecule has 1 atom stereocenters. The van der Waals surface area contributed by atoms with Crippen LogP contribution in [-0.4, -0.2) is 37.4 Å². The van der Waals surface area contributed by atoms with Crippen molar-refractivity contribution in [3.63, 3.8) is 0 Å². The highest BCUT2D eigenvalue weighted by atomic mass is 19.1. The minimum Gasteiger partial charge on any atom is -0.494 e. The van der Waals surface area contributed by atoms with Crippen LogP contribution in [0.5, 0.6) is 17.2 Å². The highest BCUT2D eigenvalue weighted by Gasteiger charge is 2.27. The van der Waals surface area contributed by atoms with Crippen LogP contribution in [0.15, 0.2) is 48.5 Å². The second-order valence-corrected chi connectivity index (χ2v) is 8.82. The molecule has 0 radical (unpaired) electrons. The van der Waals surface area contributed by atoms with Crippen molar-refractivity contribution in [1.82, 2.24) is 0 Å². The largest absolute Gasteiger partial charge is 0.494 e.